The van der Waals surface area contributed by atoms with E-state index in [-0.39, 0.29) is 132 Å². The van der Waals surface area contributed by atoms with Gasteiger partial charge >= 0.3 is 119 Å². The van der Waals surface area contributed by atoms with Gasteiger partial charge in [-0.3, -0.25) is 0 Å². The van der Waals surface area contributed by atoms with Crippen molar-refractivity contribution in [3.8, 4) is 118 Å². The Balaban J connectivity index is 3.83. The van der Waals surface area contributed by atoms with Crippen molar-refractivity contribution in [2.24, 2.45) is 0 Å². The van der Waals surface area contributed by atoms with E-state index in [9.17, 15) is 95.9 Å². The van der Waals surface area contributed by atoms with Crippen LogP contribution in [0.25, 0.3) is 0 Å². The number of carbonyl (C=O) groups excluding carboxylic acids is 20. The van der Waals surface area contributed by atoms with Crippen molar-refractivity contribution in [2.45, 2.75) is 245 Å². The van der Waals surface area contributed by atoms with Crippen molar-refractivity contribution >= 4 is 119 Å². The van der Waals surface area contributed by atoms with Crippen LogP contribution in [-0.4, -0.2) is 252 Å². The molecule has 0 atom stereocenters. The molecule has 40 heteroatoms. The first-order chi connectivity index (χ1) is 66.8. The van der Waals surface area contributed by atoms with E-state index in [4.69, 9.17) is 85.3 Å². The Morgan fingerprint density at radius 1 is 0.101 bits per heavy atom. The van der Waals surface area contributed by atoms with Gasteiger partial charge < -0.3 is 94.7 Å². The van der Waals surface area contributed by atoms with Gasteiger partial charge in [0.25, 0.3) is 0 Å². The Labute approximate surface area is 802 Å². The molecule has 0 aliphatic carbocycles. The molecule has 0 aliphatic rings. The lowest BCUT2D eigenvalue weighted by molar-refractivity contribution is -0.139. The van der Waals surface area contributed by atoms with E-state index in [0.29, 0.717) is 231 Å². The summed E-state index contributed by atoms with van der Waals surface area (Å²) in [6.45, 7) is 4.40. The first-order valence-electron chi connectivity index (χ1n) is 45.4. The summed E-state index contributed by atoms with van der Waals surface area (Å²) < 4.78 is 98.7. The summed E-state index contributed by atoms with van der Waals surface area (Å²) in [4.78, 5) is 235. The molecule has 0 fully saturated rings. The highest BCUT2D eigenvalue weighted by atomic mass is 16.6. The van der Waals surface area contributed by atoms with Crippen LogP contribution in [0.4, 0.5) is 0 Å². The van der Waals surface area contributed by atoms with E-state index in [0.717, 1.165) is 0 Å². The van der Waals surface area contributed by atoms with Gasteiger partial charge in [0.15, 0.2) is 0 Å². The molecule has 0 radical (unpaired) electrons. The number of esters is 20. The molecule has 0 saturated heterocycles. The lowest BCUT2D eigenvalue weighted by Gasteiger charge is -2.03. The average molecular weight is 1940 g/mol. The molecule has 0 aromatic heterocycles. The number of hydrogen-bond donors (Lipinski definition) is 0. The molecule has 0 bridgehead atoms. The van der Waals surface area contributed by atoms with Crippen LogP contribution in [0, 0.1) is 118 Å². The first kappa shape index (κ1) is 123. The molecule has 0 unspecified atom stereocenters. The summed E-state index contributed by atoms with van der Waals surface area (Å²) in [7, 11) is 0. The SMILES string of the molecule is CCOC(=O)C#CC(=O)OCCCCCCOC(=O)C#CC(=O)OCCCCCCOC(=O)C#CC(=O)OCCCCCCOC(=O)C#CC(=O)OCCCCCCOC(=O)C#CC(=O)OCCCCCCOC(=O)C#CC(=O)OCCCCCCOC(=O)C#CC(=O)OCCCCCCOC(=O)C#CC(=O)OCCCCCCOC(=O)C#CC(=O)OCCCCCCOC(=O)C#CC(=O)OCC. The summed E-state index contributed by atoms with van der Waals surface area (Å²) in [6, 6.07) is 0. The van der Waals surface area contributed by atoms with Crippen LogP contribution < -0.4 is 0 Å². The van der Waals surface area contributed by atoms with Gasteiger partial charge in [-0.1, -0.05) is 0 Å². The van der Waals surface area contributed by atoms with E-state index in [1.165, 1.54) is 0 Å². The molecule has 138 heavy (non-hydrogen) atoms. The van der Waals surface area contributed by atoms with Crippen molar-refractivity contribution in [1.29, 1.82) is 0 Å². The summed E-state index contributed by atoms with van der Waals surface area (Å²) in [5.74, 6) is 23.1. The number of hydrogen-bond acceptors (Lipinski definition) is 40. The minimum absolute atomic E-state index is 0.0275. The maximum atomic E-state index is 11.9. The molecule has 0 spiro atoms. The predicted octanol–water partition coefficient (Wildman–Crippen LogP) is 5.97. The van der Waals surface area contributed by atoms with Crippen molar-refractivity contribution < 1.29 is 191 Å². The Morgan fingerprint density at radius 3 is 0.217 bits per heavy atom. The van der Waals surface area contributed by atoms with Crippen LogP contribution in [-0.2, 0) is 191 Å². The molecule has 0 N–H and O–H groups in total. The molecule has 0 aromatic rings. The highest BCUT2D eigenvalue weighted by Crippen LogP contribution is 2.10. The lowest BCUT2D eigenvalue weighted by Crippen LogP contribution is -2.08. The predicted molar refractivity (Wildman–Crippen MR) is 475 cm³/mol. The van der Waals surface area contributed by atoms with Crippen LogP contribution in [0.2, 0.25) is 0 Å². The smallest absolute Gasteiger partial charge is 0.384 e. The minimum Gasteiger partial charge on any atom is -0.456 e. The fourth-order valence-corrected chi connectivity index (χ4v) is 9.99. The van der Waals surface area contributed by atoms with Gasteiger partial charge in [0.2, 0.25) is 0 Å². The number of unbranched alkanes of at least 4 members (excludes halogenated alkanes) is 27. The normalized spacial score (nSPS) is 9.55. The molecule has 0 amide bonds. The van der Waals surface area contributed by atoms with Gasteiger partial charge in [-0.05, 0) is 245 Å². The standard InChI is InChI=1S/C98H118O40/c1-3-119-79(99)41-43-81(101)121-61-23-5-7-25-63-123-83(103)45-47-85(105)125-65-27-9-11-29-67-127-87(107)49-51-89(109)129-69-31-13-15-33-71-131-91(111)53-55-93(113)133-73-35-17-19-37-75-135-95(115)57-59-97(117)137-77-39-21-22-40-78-138-98(118)60-58-96(116)136-76-38-20-18-36-74-134-94(114)56-54-92(112)132-72-34-16-14-32-70-130-90(110)52-50-88(108)128-68-30-12-10-28-66-126-86(106)48-46-84(104)124-64-26-8-6-24-62-122-82(102)44-42-80(100)120-4-2/h3-40,61-78H2,1-2H3. The van der Waals surface area contributed by atoms with Crippen LogP contribution in [0.5, 0.6) is 0 Å². The second-order valence-corrected chi connectivity index (χ2v) is 28.1. The van der Waals surface area contributed by atoms with Gasteiger partial charge in [0.05, 0.1) is 132 Å². The summed E-state index contributed by atoms with van der Waals surface area (Å²) >= 11 is 0. The largest absolute Gasteiger partial charge is 0.456 e. The van der Waals surface area contributed by atoms with E-state index in [1.807, 2.05) is 23.7 Å². The second-order valence-electron chi connectivity index (χ2n) is 28.1. The number of ether oxygens (including phenoxy) is 20. The molecule has 0 aliphatic heterocycles. The molecular weight excluding hydrogens is 1820 g/mol. The molecule has 0 saturated carbocycles. The molecule has 0 aromatic carbocycles. The summed E-state index contributed by atoms with van der Waals surface area (Å²) in [5.41, 5.74) is 0. The zero-order chi connectivity index (χ0) is 101. The summed E-state index contributed by atoms with van der Waals surface area (Å²) in [5, 5.41) is 0. The maximum Gasteiger partial charge on any atom is 0.384 e. The van der Waals surface area contributed by atoms with Crippen molar-refractivity contribution in [3.05, 3.63) is 0 Å². The topological polar surface area (TPSA) is 526 Å². The second kappa shape index (κ2) is 89.8. The third-order valence-corrected chi connectivity index (χ3v) is 16.8. The Bertz CT molecular complexity index is 4210. The highest BCUT2D eigenvalue weighted by molar-refractivity contribution is 6.03. The van der Waals surface area contributed by atoms with Crippen molar-refractivity contribution in [3.63, 3.8) is 0 Å². The zero-order valence-electron chi connectivity index (χ0n) is 77.9. The van der Waals surface area contributed by atoms with E-state index >= 15 is 0 Å². The minimum atomic E-state index is -0.920. The maximum absolute atomic E-state index is 11.9. The zero-order valence-corrected chi connectivity index (χ0v) is 77.9. The van der Waals surface area contributed by atoms with Gasteiger partial charge in [0.1, 0.15) is 0 Å². The van der Waals surface area contributed by atoms with Crippen LogP contribution in [0.15, 0.2) is 0 Å². The number of carbonyl (C=O) groups is 20. The van der Waals surface area contributed by atoms with Gasteiger partial charge in [-0.15, -0.1) is 0 Å². The first-order valence-corrected chi connectivity index (χ1v) is 45.4. The monoisotopic (exact) mass is 1930 g/mol. The Kier molecular flexibility index (Phi) is 80.1. The van der Waals surface area contributed by atoms with Crippen LogP contribution in [0.1, 0.15) is 245 Å². The molecular formula is C98H118O40. The number of rotatable bonds is 65. The lowest BCUT2D eigenvalue weighted by atomic mass is 10.2. The Morgan fingerprint density at radius 2 is 0.159 bits per heavy atom. The van der Waals surface area contributed by atoms with E-state index < -0.39 is 119 Å². The van der Waals surface area contributed by atoms with Crippen LogP contribution >= 0.6 is 0 Å². The fourth-order valence-electron chi connectivity index (χ4n) is 9.99. The molecule has 40 nitrogen and oxygen atoms in total. The van der Waals surface area contributed by atoms with E-state index in [2.05, 4.69) is 104 Å². The van der Waals surface area contributed by atoms with Crippen molar-refractivity contribution in [1.82, 2.24) is 0 Å². The van der Waals surface area contributed by atoms with Crippen molar-refractivity contribution in [2.75, 3.05) is 132 Å². The fraction of sp³-hybridized carbons (Fsp3) is 0.592. The average Bonchev–Trinajstić information content (AvgIpc) is 0.986. The highest BCUT2D eigenvalue weighted by Gasteiger charge is 2.13. The third-order valence-electron chi connectivity index (χ3n) is 16.8. The van der Waals surface area contributed by atoms with Gasteiger partial charge in [-0.2, -0.15) is 0 Å². The molecule has 0 heterocycles. The Hall–Kier alpha value is -15.0. The molecule has 0 rings (SSSR count). The molecule has 750 valence electrons. The quantitative estimate of drug-likeness (QED) is 0.0222. The van der Waals surface area contributed by atoms with Gasteiger partial charge in [-0.25, -0.2) is 95.9 Å². The third kappa shape index (κ3) is 88.9. The van der Waals surface area contributed by atoms with E-state index in [1.54, 1.807) is 13.8 Å². The van der Waals surface area contributed by atoms with Gasteiger partial charge in [0, 0.05) is 118 Å². The van der Waals surface area contributed by atoms with Crippen LogP contribution in [0.3, 0.4) is 0 Å². The summed E-state index contributed by atoms with van der Waals surface area (Å²) in [6.07, 6.45) is 20.0.